The second-order valence-corrected chi connectivity index (χ2v) is 5.87. The number of anilines is 1. The molecule has 0 radical (unpaired) electrons. The minimum Gasteiger partial charge on any atom is -0.383 e. The number of nitrogens with one attached hydrogen (secondary N) is 2. The van der Waals surface area contributed by atoms with E-state index in [0.717, 1.165) is 38.4 Å². The lowest BCUT2D eigenvalue weighted by atomic mass is 10.0. The highest BCUT2D eigenvalue weighted by molar-refractivity contribution is 5.46. The number of halogens is 1. The number of hydrogen-bond acceptors (Lipinski definition) is 3. The van der Waals surface area contributed by atoms with Crippen LogP contribution >= 0.6 is 0 Å². The highest BCUT2D eigenvalue weighted by atomic mass is 19.1. The quantitative estimate of drug-likeness (QED) is 0.874. The molecular weight excluding hydrogens is 241 g/mol. The Morgan fingerprint density at radius 1 is 1.32 bits per heavy atom. The number of hydrogen-bond donors (Lipinski definition) is 2. The average Bonchev–Trinajstić information content (AvgIpc) is 2.41. The van der Waals surface area contributed by atoms with E-state index in [-0.39, 0.29) is 11.4 Å². The van der Waals surface area contributed by atoms with Crippen LogP contribution in [0.25, 0.3) is 0 Å². The first-order valence-corrected chi connectivity index (χ1v) is 6.95. The molecule has 1 heterocycles. The van der Waals surface area contributed by atoms with Crippen LogP contribution in [0.15, 0.2) is 18.2 Å². The van der Waals surface area contributed by atoms with Crippen LogP contribution < -0.4 is 10.6 Å². The number of aryl methyl sites for hydroxylation is 1. The maximum absolute atomic E-state index is 13.2. The monoisotopic (exact) mass is 265 g/mol. The summed E-state index contributed by atoms with van der Waals surface area (Å²) in [7, 11) is 0. The van der Waals surface area contributed by atoms with E-state index >= 15 is 0 Å². The number of benzene rings is 1. The summed E-state index contributed by atoms with van der Waals surface area (Å²) in [5.41, 5.74) is 1.77. The largest absolute Gasteiger partial charge is 0.383 e. The van der Waals surface area contributed by atoms with Gasteiger partial charge in [-0.05, 0) is 44.5 Å². The molecule has 1 aromatic carbocycles. The summed E-state index contributed by atoms with van der Waals surface area (Å²) in [6, 6.07) is 5.19. The summed E-state index contributed by atoms with van der Waals surface area (Å²) < 4.78 is 13.2. The van der Waals surface area contributed by atoms with Crippen molar-refractivity contribution in [2.75, 3.05) is 38.0 Å². The first kappa shape index (κ1) is 14.3. The summed E-state index contributed by atoms with van der Waals surface area (Å²) in [6.45, 7) is 11.4. The molecule has 2 N–H and O–H groups in total. The van der Waals surface area contributed by atoms with E-state index in [2.05, 4.69) is 29.4 Å². The lowest BCUT2D eigenvalue weighted by molar-refractivity contribution is 0.114. The van der Waals surface area contributed by atoms with Gasteiger partial charge in [0.25, 0.3) is 0 Å². The fraction of sp³-hybridized carbons (Fsp3) is 0.600. The zero-order chi connectivity index (χ0) is 13.9. The van der Waals surface area contributed by atoms with E-state index in [1.165, 1.54) is 6.07 Å². The Bertz CT molecular complexity index is 425. The first-order valence-electron chi connectivity index (χ1n) is 6.95. The van der Waals surface area contributed by atoms with Crippen molar-refractivity contribution in [3.8, 4) is 0 Å². The zero-order valence-electron chi connectivity index (χ0n) is 12.1. The van der Waals surface area contributed by atoms with Crippen LogP contribution in [0.3, 0.4) is 0 Å². The lowest BCUT2D eigenvalue weighted by Gasteiger charge is -2.41. The fourth-order valence-corrected chi connectivity index (χ4v) is 2.45. The van der Waals surface area contributed by atoms with E-state index < -0.39 is 0 Å². The van der Waals surface area contributed by atoms with E-state index in [1.807, 2.05) is 6.07 Å². The molecule has 0 unspecified atom stereocenters. The second kappa shape index (κ2) is 5.88. The molecule has 4 heteroatoms. The second-order valence-electron chi connectivity index (χ2n) is 5.87. The van der Waals surface area contributed by atoms with Crippen molar-refractivity contribution in [2.45, 2.75) is 26.3 Å². The molecule has 0 spiro atoms. The van der Waals surface area contributed by atoms with Crippen LogP contribution in [0.2, 0.25) is 0 Å². The van der Waals surface area contributed by atoms with Crippen LogP contribution in [0, 0.1) is 12.7 Å². The summed E-state index contributed by atoms with van der Waals surface area (Å²) in [5.74, 6) is -0.146. The van der Waals surface area contributed by atoms with Gasteiger partial charge in [0.15, 0.2) is 0 Å². The highest BCUT2D eigenvalue weighted by Crippen LogP contribution is 2.18. The van der Waals surface area contributed by atoms with Gasteiger partial charge in [-0.2, -0.15) is 0 Å². The molecule has 0 saturated carbocycles. The molecule has 1 saturated heterocycles. The molecule has 3 nitrogen and oxygen atoms in total. The van der Waals surface area contributed by atoms with Gasteiger partial charge in [0.1, 0.15) is 5.82 Å². The van der Waals surface area contributed by atoms with E-state index in [1.54, 1.807) is 13.0 Å². The van der Waals surface area contributed by atoms with E-state index in [0.29, 0.717) is 5.56 Å². The van der Waals surface area contributed by atoms with Crippen LogP contribution in [-0.4, -0.2) is 43.2 Å². The molecule has 0 atom stereocenters. The Kier molecular flexibility index (Phi) is 4.42. The Balaban J connectivity index is 1.94. The SMILES string of the molecule is Cc1cc(NCC(C)(C)N2CCNCC2)ccc1F. The summed E-state index contributed by atoms with van der Waals surface area (Å²) in [5, 5.41) is 6.79. The smallest absolute Gasteiger partial charge is 0.126 e. The molecule has 1 aliphatic rings. The van der Waals surface area contributed by atoms with Crippen molar-refractivity contribution in [1.29, 1.82) is 0 Å². The third-order valence-electron chi connectivity index (χ3n) is 3.86. The number of rotatable bonds is 4. The third-order valence-corrected chi connectivity index (χ3v) is 3.86. The van der Waals surface area contributed by atoms with Gasteiger partial charge in [0.2, 0.25) is 0 Å². The Hall–Kier alpha value is -1.13. The summed E-state index contributed by atoms with van der Waals surface area (Å²) >= 11 is 0. The van der Waals surface area contributed by atoms with Crippen molar-refractivity contribution in [1.82, 2.24) is 10.2 Å². The standard InChI is InChI=1S/C15H24FN3/c1-12-10-13(4-5-14(12)16)18-11-15(2,3)19-8-6-17-7-9-19/h4-5,10,17-18H,6-9,11H2,1-3H3. The Morgan fingerprint density at radius 3 is 2.63 bits per heavy atom. The van der Waals surface area contributed by atoms with E-state index in [9.17, 15) is 4.39 Å². The zero-order valence-corrected chi connectivity index (χ0v) is 12.1. The predicted molar refractivity (Wildman–Crippen MR) is 78.1 cm³/mol. The van der Waals surface area contributed by atoms with Crippen LogP contribution in [0.4, 0.5) is 10.1 Å². The lowest BCUT2D eigenvalue weighted by Crippen LogP contribution is -2.56. The highest BCUT2D eigenvalue weighted by Gasteiger charge is 2.27. The van der Waals surface area contributed by atoms with Gasteiger partial charge >= 0.3 is 0 Å². The van der Waals surface area contributed by atoms with Crippen LogP contribution in [-0.2, 0) is 0 Å². The van der Waals surface area contributed by atoms with Crippen molar-refractivity contribution in [2.24, 2.45) is 0 Å². The van der Waals surface area contributed by atoms with Crippen molar-refractivity contribution >= 4 is 5.69 Å². The summed E-state index contributed by atoms with van der Waals surface area (Å²) in [6.07, 6.45) is 0. The Labute approximate surface area is 115 Å². The normalized spacial score (nSPS) is 17.5. The topological polar surface area (TPSA) is 27.3 Å². The van der Waals surface area contributed by atoms with Crippen molar-refractivity contribution in [3.05, 3.63) is 29.6 Å². The molecule has 1 aliphatic heterocycles. The maximum Gasteiger partial charge on any atom is 0.126 e. The fourth-order valence-electron chi connectivity index (χ4n) is 2.45. The number of nitrogens with zero attached hydrogens (tertiary/aromatic N) is 1. The molecule has 1 aromatic rings. The van der Waals surface area contributed by atoms with E-state index in [4.69, 9.17) is 0 Å². The molecule has 0 aromatic heterocycles. The van der Waals surface area contributed by atoms with Gasteiger partial charge < -0.3 is 10.6 Å². The van der Waals surface area contributed by atoms with Gasteiger partial charge in [0, 0.05) is 44.0 Å². The maximum atomic E-state index is 13.2. The minimum atomic E-state index is -0.146. The van der Waals surface area contributed by atoms with Crippen LogP contribution in [0.5, 0.6) is 0 Å². The van der Waals surface area contributed by atoms with Gasteiger partial charge in [-0.3, -0.25) is 4.90 Å². The average molecular weight is 265 g/mol. The Morgan fingerprint density at radius 2 is 2.00 bits per heavy atom. The van der Waals surface area contributed by atoms with Gasteiger partial charge in [-0.25, -0.2) is 4.39 Å². The van der Waals surface area contributed by atoms with Gasteiger partial charge in [0.05, 0.1) is 0 Å². The third kappa shape index (κ3) is 3.67. The molecular formula is C15H24FN3. The van der Waals surface area contributed by atoms with Crippen molar-refractivity contribution in [3.63, 3.8) is 0 Å². The molecule has 0 bridgehead atoms. The van der Waals surface area contributed by atoms with Gasteiger partial charge in [-0.15, -0.1) is 0 Å². The van der Waals surface area contributed by atoms with Crippen LogP contribution in [0.1, 0.15) is 19.4 Å². The van der Waals surface area contributed by atoms with Gasteiger partial charge in [-0.1, -0.05) is 0 Å². The molecule has 106 valence electrons. The predicted octanol–water partition coefficient (Wildman–Crippen LogP) is 2.23. The molecule has 19 heavy (non-hydrogen) atoms. The summed E-state index contributed by atoms with van der Waals surface area (Å²) in [4.78, 5) is 2.49. The first-order chi connectivity index (χ1) is 8.99. The molecule has 0 amide bonds. The molecule has 1 fully saturated rings. The molecule has 2 rings (SSSR count). The van der Waals surface area contributed by atoms with Crippen molar-refractivity contribution < 1.29 is 4.39 Å². The minimum absolute atomic E-state index is 0.102. The number of piperazine rings is 1. The molecule has 0 aliphatic carbocycles.